The number of hydrogen-bond acceptors (Lipinski definition) is 26. The van der Waals surface area contributed by atoms with Crippen LogP contribution in [0.4, 0.5) is 0 Å². The molecule has 1 rings (SSSR count). The van der Waals surface area contributed by atoms with E-state index in [1.54, 1.807) is 78.1 Å². The minimum absolute atomic E-state index is 0.00555. The number of unbranched alkanes of at least 4 members (excludes halogenated alkanes) is 3. The number of nitrogens with two attached hydrogens (primary N) is 4. The molecule has 692 valence electrons. The van der Waals surface area contributed by atoms with Crippen molar-refractivity contribution in [2.75, 3.05) is 44.8 Å². The molecule has 122 heavy (non-hydrogen) atoms. The summed E-state index contributed by atoms with van der Waals surface area (Å²) in [5.74, 6) is -16.7. The number of rotatable bonds is 60. The number of aliphatic hydroxyl groups is 5. The quantitative estimate of drug-likeness (QED) is 0.0270. The molecule has 0 heterocycles. The lowest BCUT2D eigenvalue weighted by Crippen LogP contribution is -2.62. The Morgan fingerprint density at radius 2 is 0.689 bits per heavy atom. The molecule has 42 nitrogen and oxygen atoms in total. The molecule has 0 unspecified atom stereocenters. The lowest BCUT2D eigenvalue weighted by atomic mass is 9.97. The number of aliphatic hydroxyl groups excluding tert-OH is 5. The molecule has 0 bridgehead atoms. The van der Waals surface area contributed by atoms with E-state index in [0.29, 0.717) is 37.0 Å². The fourth-order valence-corrected chi connectivity index (χ4v) is 12.7. The van der Waals surface area contributed by atoms with Crippen LogP contribution in [0, 0.1) is 17.8 Å². The maximum atomic E-state index is 14.5. The second-order valence-electron chi connectivity index (χ2n) is 31.4. The van der Waals surface area contributed by atoms with Gasteiger partial charge in [-0.1, -0.05) is 78.3 Å². The molecule has 0 aromatic heterocycles. The predicted molar refractivity (Wildman–Crippen MR) is 452 cm³/mol. The Morgan fingerprint density at radius 1 is 0.369 bits per heavy atom. The van der Waals surface area contributed by atoms with Gasteiger partial charge in [0, 0.05) is 13.3 Å². The van der Waals surface area contributed by atoms with E-state index >= 15 is 0 Å². The zero-order valence-electron chi connectivity index (χ0n) is 72.6. The summed E-state index contributed by atoms with van der Waals surface area (Å²) >= 11 is 1.31. The Balaban J connectivity index is 3.49. The Labute approximate surface area is 717 Å². The Hall–Kier alpha value is -9.76. The van der Waals surface area contributed by atoms with Gasteiger partial charge in [0.2, 0.25) is 100 Å². The van der Waals surface area contributed by atoms with Gasteiger partial charge >= 0.3 is 0 Å². The van der Waals surface area contributed by atoms with E-state index in [4.69, 9.17) is 22.9 Å². The van der Waals surface area contributed by atoms with E-state index in [2.05, 4.69) is 85.1 Å². The molecule has 1 aromatic carbocycles. The van der Waals surface area contributed by atoms with Crippen molar-refractivity contribution in [1.29, 1.82) is 0 Å². The lowest BCUT2D eigenvalue weighted by molar-refractivity contribution is -0.137. The normalized spacial score (nSPS) is 16.2. The minimum Gasteiger partial charge on any atom is -0.394 e. The monoisotopic (exact) mass is 1750 g/mol. The average molecular weight is 1750 g/mol. The molecule has 0 aliphatic heterocycles. The molecule has 0 aliphatic rings. The molecule has 43 heteroatoms. The molecule has 20 atom stereocenters. The summed E-state index contributed by atoms with van der Waals surface area (Å²) in [6.45, 7) is 17.6. The van der Waals surface area contributed by atoms with Crippen LogP contribution in [-0.2, 0) is 87.9 Å². The molecule has 0 saturated heterocycles. The number of amides is 17. The summed E-state index contributed by atoms with van der Waals surface area (Å²) in [5, 5.41) is 92.1. The molecule has 0 fully saturated rings. The highest BCUT2D eigenvalue weighted by atomic mass is 32.2. The van der Waals surface area contributed by atoms with E-state index in [-0.39, 0.29) is 95.7 Å². The lowest BCUT2D eigenvalue weighted by Gasteiger charge is -2.29. The second-order valence-corrected chi connectivity index (χ2v) is 32.4. The fraction of sp³-hybridized carbons (Fsp3) is 0.709. The van der Waals surface area contributed by atoms with Gasteiger partial charge in [-0.3, -0.25) is 81.5 Å². The van der Waals surface area contributed by atoms with Crippen molar-refractivity contribution in [1.82, 2.24) is 85.1 Å². The van der Waals surface area contributed by atoms with Gasteiger partial charge in [-0.25, -0.2) is 0 Å². The summed E-state index contributed by atoms with van der Waals surface area (Å²) in [6.07, 6.45) is -2.74. The third-order valence-corrected chi connectivity index (χ3v) is 20.1. The zero-order chi connectivity index (χ0) is 92.8. The number of carbonyl (C=O) groups excluding carboxylic acids is 17. The number of thioether (sulfide) groups is 1. The van der Waals surface area contributed by atoms with Gasteiger partial charge in [0.05, 0.1) is 37.6 Å². The van der Waals surface area contributed by atoms with Crippen LogP contribution >= 0.6 is 11.8 Å². The molecular weight excluding hydrogens is 1610 g/mol. The molecule has 0 spiro atoms. The largest absolute Gasteiger partial charge is 0.394 e. The topological polar surface area (TPSA) is 688 Å². The second kappa shape index (κ2) is 58.3. The van der Waals surface area contributed by atoms with Crippen LogP contribution in [0.25, 0.3) is 0 Å². The number of benzene rings is 1. The highest BCUT2D eigenvalue weighted by Crippen LogP contribution is 2.16. The molecule has 29 N–H and O–H groups in total. The Kier molecular flexibility index (Phi) is 52.7. The van der Waals surface area contributed by atoms with Crippen molar-refractivity contribution < 1.29 is 107 Å². The molecular formula is C79H138N20O22S. The first-order valence-electron chi connectivity index (χ1n) is 41.4. The van der Waals surface area contributed by atoms with Gasteiger partial charge in [0.15, 0.2) is 0 Å². The van der Waals surface area contributed by atoms with Crippen LogP contribution in [0.3, 0.4) is 0 Å². The molecule has 0 saturated carbocycles. The SMILES string of the molecule is CC[C@H](C)[C@H](NC(=O)[C@@H](NC(=O)[C@@H](NC(C)=O)[C@@H](C)O)[C@@H](C)O)C(=O)NCC(=O)N[C@@H](CCSC)C(=O)N[C@@H](CCCCN)C(=O)N[C@H](C(=O)N[C@@H](CC(C)C)C(=O)N[C@@H](CCCCN)C(=O)N[C@@H](C)C(=O)N[C@@H](C)C(=O)N[C@@H](Cc1ccccc1)C(=O)N[C@@H](CCCCN)C(=O)N[C@H](C(=O)N[C@@H](CC(C)C)C(=O)N[C@@H](CO)C(N)=O)[C@@H](C)O)[C@@H](C)O. The summed E-state index contributed by atoms with van der Waals surface area (Å²) in [4.78, 5) is 233. The van der Waals surface area contributed by atoms with Crippen LogP contribution < -0.4 is 108 Å². The first kappa shape index (κ1) is 110. The van der Waals surface area contributed by atoms with Crippen molar-refractivity contribution in [2.24, 2.45) is 40.7 Å². The number of hydrogen-bond donors (Lipinski definition) is 25. The first-order valence-corrected chi connectivity index (χ1v) is 42.8. The van der Waals surface area contributed by atoms with E-state index in [9.17, 15) is 107 Å². The summed E-state index contributed by atoms with van der Waals surface area (Å²) in [5.41, 5.74) is 23.2. The smallest absolute Gasteiger partial charge is 0.245 e. The van der Waals surface area contributed by atoms with Crippen molar-refractivity contribution in [3.8, 4) is 0 Å². The number of carbonyl (C=O) groups is 17. The highest BCUT2D eigenvalue weighted by molar-refractivity contribution is 7.98. The standard InChI is InChI=1S/C79H138N20O22S/c1-15-42(6)60(96-79(121)64(48(12)104)99-78(120)61(45(9)101)87-49(13)105)75(117)84-38-59(106)88-54(30-34-122-14)69(111)89-52(28-20-23-32-81)70(112)97-62(46(10)102)76(118)93-55(35-40(2)3)72(114)90-51(27-19-22-31-80)68(110)86-43(7)66(108)85-44(8)67(109)92-57(37-50-25-17-16-18-26-50)74(116)91-53(29-21-24-33-82)71(113)98-63(47(11)103)77(119)94-56(36-41(4)5)73(115)95-58(39-100)65(83)107/h16-18,25-26,40-48,51-58,60-64,100-104H,15,19-24,27-39,80-82H2,1-14H3,(H2,83,107)(H,84,117)(H,85,108)(H,86,110)(H,87,105)(H,88,106)(H,89,111)(H,90,114)(H,91,116)(H,92,109)(H,93,118)(H,94,119)(H,95,115)(H,96,121)(H,97,112)(H,98,113)(H,99,120)/t42-,43-,44-,45+,46+,47+,48+,51-,52-,53-,54-,55-,56-,57-,58-,60-,61-,62-,63-,64-/m0/s1. The fourth-order valence-electron chi connectivity index (χ4n) is 12.2. The van der Waals surface area contributed by atoms with Crippen LogP contribution in [0.1, 0.15) is 179 Å². The average Bonchev–Trinajstić information content (AvgIpc) is 0.854. The first-order chi connectivity index (χ1) is 57.3. The van der Waals surface area contributed by atoms with Crippen molar-refractivity contribution in [3.63, 3.8) is 0 Å². The molecule has 0 aliphatic carbocycles. The van der Waals surface area contributed by atoms with Gasteiger partial charge in [-0.2, -0.15) is 11.8 Å². The third kappa shape index (κ3) is 41.4. The molecule has 1 aromatic rings. The molecule has 17 amide bonds. The maximum absolute atomic E-state index is 14.5. The van der Waals surface area contributed by atoms with E-state index in [1.165, 1.54) is 53.3 Å². The zero-order valence-corrected chi connectivity index (χ0v) is 73.4. The van der Waals surface area contributed by atoms with E-state index in [0.717, 1.165) is 6.92 Å². The van der Waals surface area contributed by atoms with Gasteiger partial charge in [0.25, 0.3) is 0 Å². The minimum atomic E-state index is -1.80. The van der Waals surface area contributed by atoms with Gasteiger partial charge in [0.1, 0.15) is 90.6 Å². The van der Waals surface area contributed by atoms with E-state index < -0.39 is 235 Å². The van der Waals surface area contributed by atoms with Gasteiger partial charge < -0.3 is 134 Å². The predicted octanol–water partition coefficient (Wildman–Crippen LogP) is -7.04. The maximum Gasteiger partial charge on any atom is 0.245 e. The van der Waals surface area contributed by atoms with Crippen LogP contribution in [0.2, 0.25) is 0 Å². The van der Waals surface area contributed by atoms with Crippen LogP contribution in [0.15, 0.2) is 30.3 Å². The summed E-state index contributed by atoms with van der Waals surface area (Å²) in [7, 11) is 0. The number of nitrogens with one attached hydrogen (secondary N) is 16. The summed E-state index contributed by atoms with van der Waals surface area (Å²) < 4.78 is 0. The summed E-state index contributed by atoms with van der Waals surface area (Å²) in [6, 6.07) is -13.9. The van der Waals surface area contributed by atoms with Crippen molar-refractivity contribution in [2.45, 2.75) is 295 Å². The Bertz CT molecular complexity index is 3550. The van der Waals surface area contributed by atoms with Gasteiger partial charge in [-0.15, -0.1) is 0 Å². The van der Waals surface area contributed by atoms with Crippen LogP contribution in [0.5, 0.6) is 0 Å². The van der Waals surface area contributed by atoms with Crippen LogP contribution in [-0.4, -0.2) is 286 Å². The third-order valence-electron chi connectivity index (χ3n) is 19.5. The van der Waals surface area contributed by atoms with Crippen molar-refractivity contribution >= 4 is 112 Å². The number of primary amides is 1. The molecule has 0 radical (unpaired) electrons. The van der Waals surface area contributed by atoms with E-state index in [1.807, 2.05) is 0 Å². The van der Waals surface area contributed by atoms with Crippen molar-refractivity contribution in [3.05, 3.63) is 35.9 Å². The highest BCUT2D eigenvalue weighted by Gasteiger charge is 2.40. The Morgan fingerprint density at radius 3 is 1.06 bits per heavy atom. The van der Waals surface area contributed by atoms with Gasteiger partial charge in [-0.05, 0) is 174 Å².